The number of amides is 1. The first-order valence-electron chi connectivity index (χ1n) is 5.04. The molecule has 4 N–H and O–H groups in total. The maximum absolute atomic E-state index is 11.1. The van der Waals surface area contributed by atoms with Gasteiger partial charge in [0.1, 0.15) is 0 Å². The lowest BCUT2D eigenvalue weighted by atomic mass is 9.81. The molecule has 0 spiro atoms. The van der Waals surface area contributed by atoms with Crippen molar-refractivity contribution in [2.24, 2.45) is 5.73 Å². The Hall–Kier alpha value is -1.14. The highest BCUT2D eigenvalue weighted by Crippen LogP contribution is 2.33. The number of carboxylic acid groups (broad SMARTS) is 1. The fourth-order valence-electron chi connectivity index (χ4n) is 2.38. The van der Waals surface area contributed by atoms with E-state index < -0.39 is 5.97 Å². The number of hydrogen-bond acceptors (Lipinski definition) is 4. The van der Waals surface area contributed by atoms with Crippen molar-refractivity contribution in [1.82, 2.24) is 10.2 Å². The number of nitrogens with zero attached hydrogens (tertiary/aromatic N) is 1. The monoisotopic (exact) mass is 213 g/mol. The summed E-state index contributed by atoms with van der Waals surface area (Å²) >= 11 is 0. The molecule has 84 valence electrons. The second-order valence-corrected chi connectivity index (χ2v) is 4.30. The maximum atomic E-state index is 11.1. The molecule has 15 heavy (non-hydrogen) atoms. The van der Waals surface area contributed by atoms with Crippen molar-refractivity contribution in [1.29, 1.82) is 0 Å². The van der Waals surface area contributed by atoms with Gasteiger partial charge in [-0.3, -0.25) is 14.5 Å². The average Bonchev–Trinajstić information content (AvgIpc) is 1.95. The first kappa shape index (κ1) is 10.4. The molecule has 6 heteroatoms. The normalized spacial score (nSPS) is 28.9. The molecule has 0 bridgehead atoms. The van der Waals surface area contributed by atoms with E-state index in [1.807, 2.05) is 4.90 Å². The first-order chi connectivity index (χ1) is 7.05. The highest BCUT2D eigenvalue weighted by Gasteiger charge is 2.51. The predicted octanol–water partition coefficient (Wildman–Crippen LogP) is -1.64. The van der Waals surface area contributed by atoms with Crippen LogP contribution in [0.4, 0.5) is 0 Å². The van der Waals surface area contributed by atoms with Crippen LogP contribution in [-0.4, -0.2) is 53.1 Å². The summed E-state index contributed by atoms with van der Waals surface area (Å²) in [5.74, 6) is -1.18. The number of nitrogens with one attached hydrogen (secondary N) is 1. The molecule has 6 nitrogen and oxygen atoms in total. The van der Waals surface area contributed by atoms with Gasteiger partial charge in [-0.25, -0.2) is 0 Å². The largest absolute Gasteiger partial charge is 0.481 e. The summed E-state index contributed by atoms with van der Waals surface area (Å²) in [6.07, 6.45) is 0.820. The molecule has 1 atom stereocenters. The molecule has 0 aromatic rings. The van der Waals surface area contributed by atoms with Gasteiger partial charge in [0.25, 0.3) is 0 Å². The van der Waals surface area contributed by atoms with Crippen molar-refractivity contribution in [2.75, 3.05) is 19.6 Å². The molecular weight excluding hydrogens is 198 g/mol. The second-order valence-electron chi connectivity index (χ2n) is 4.30. The molecular formula is C9H15N3O3. The molecule has 1 amide bonds. The lowest BCUT2D eigenvalue weighted by Gasteiger charge is -2.57. The molecule has 2 aliphatic heterocycles. The number of likely N-dealkylation sites (tertiary alicyclic amines) is 1. The number of primary amides is 1. The number of nitrogens with two attached hydrogens (primary N) is 1. The van der Waals surface area contributed by atoms with Crippen LogP contribution in [0.5, 0.6) is 0 Å². The van der Waals surface area contributed by atoms with Crippen molar-refractivity contribution in [2.45, 2.75) is 24.4 Å². The molecule has 1 unspecified atom stereocenters. The highest BCUT2D eigenvalue weighted by molar-refractivity contribution is 5.81. The van der Waals surface area contributed by atoms with Gasteiger partial charge in [0, 0.05) is 19.6 Å². The van der Waals surface area contributed by atoms with E-state index in [9.17, 15) is 9.59 Å². The Kier molecular flexibility index (Phi) is 2.40. The van der Waals surface area contributed by atoms with Gasteiger partial charge in [-0.15, -0.1) is 0 Å². The summed E-state index contributed by atoms with van der Waals surface area (Å²) in [7, 11) is 0. The van der Waals surface area contributed by atoms with Gasteiger partial charge in [-0.05, 0) is 6.42 Å². The van der Waals surface area contributed by atoms with E-state index >= 15 is 0 Å². The third-order valence-corrected chi connectivity index (χ3v) is 3.35. The molecule has 2 aliphatic rings. The Morgan fingerprint density at radius 1 is 1.53 bits per heavy atom. The first-order valence-corrected chi connectivity index (χ1v) is 5.04. The number of aliphatic carboxylic acids is 1. The number of rotatable bonds is 4. The fraction of sp³-hybridized carbons (Fsp3) is 0.778. The van der Waals surface area contributed by atoms with E-state index in [0.717, 1.165) is 13.0 Å². The van der Waals surface area contributed by atoms with Crippen LogP contribution in [0.25, 0.3) is 0 Å². The Labute approximate surface area is 87.4 Å². The average molecular weight is 213 g/mol. The molecule has 0 aromatic carbocycles. The van der Waals surface area contributed by atoms with Crippen molar-refractivity contribution in [3.63, 3.8) is 0 Å². The van der Waals surface area contributed by atoms with Crippen molar-refractivity contribution >= 4 is 11.9 Å². The van der Waals surface area contributed by atoms with Gasteiger partial charge in [0.05, 0.1) is 18.0 Å². The quantitative estimate of drug-likeness (QED) is 0.520. The Balaban J connectivity index is 2.06. The van der Waals surface area contributed by atoms with E-state index in [0.29, 0.717) is 13.1 Å². The zero-order valence-corrected chi connectivity index (χ0v) is 8.40. The molecule has 0 aliphatic carbocycles. The van der Waals surface area contributed by atoms with Crippen LogP contribution < -0.4 is 11.1 Å². The maximum Gasteiger partial charge on any atom is 0.305 e. The summed E-state index contributed by atoms with van der Waals surface area (Å²) < 4.78 is 0. The Bertz CT molecular complexity index is 301. The summed E-state index contributed by atoms with van der Waals surface area (Å²) in [6.45, 7) is 2.02. The summed E-state index contributed by atoms with van der Waals surface area (Å²) in [6, 6.07) is -0.272. The SMILES string of the molecule is NC(=O)C1CCN1C1(CC(=O)O)CNC1. The van der Waals surface area contributed by atoms with Gasteiger partial charge in [-0.1, -0.05) is 0 Å². The van der Waals surface area contributed by atoms with Gasteiger partial charge in [0.15, 0.2) is 0 Å². The van der Waals surface area contributed by atoms with E-state index in [1.54, 1.807) is 0 Å². The lowest BCUT2D eigenvalue weighted by molar-refractivity contribution is -0.150. The third kappa shape index (κ3) is 1.59. The summed E-state index contributed by atoms with van der Waals surface area (Å²) in [4.78, 5) is 23.8. The third-order valence-electron chi connectivity index (χ3n) is 3.35. The highest BCUT2D eigenvalue weighted by atomic mass is 16.4. The topological polar surface area (TPSA) is 95.7 Å². The predicted molar refractivity (Wildman–Crippen MR) is 52.2 cm³/mol. The van der Waals surface area contributed by atoms with Gasteiger partial charge in [-0.2, -0.15) is 0 Å². The minimum absolute atomic E-state index is 0.0732. The minimum atomic E-state index is -0.827. The molecule has 2 fully saturated rings. The summed E-state index contributed by atoms with van der Waals surface area (Å²) in [5.41, 5.74) is 4.86. The zero-order chi connectivity index (χ0) is 11.1. The standard InChI is InChI=1S/C9H15N3O3/c10-8(15)6-1-2-12(6)9(3-7(13)14)4-11-5-9/h6,11H,1-5H2,(H2,10,15)(H,13,14). The van der Waals surface area contributed by atoms with Crippen LogP contribution in [-0.2, 0) is 9.59 Å². The van der Waals surface area contributed by atoms with Crippen molar-refractivity contribution in [3.8, 4) is 0 Å². The molecule has 2 saturated heterocycles. The Morgan fingerprint density at radius 2 is 2.20 bits per heavy atom. The van der Waals surface area contributed by atoms with E-state index in [2.05, 4.69) is 5.32 Å². The number of carbonyl (C=O) groups excluding carboxylic acids is 1. The zero-order valence-electron chi connectivity index (χ0n) is 8.40. The fourth-order valence-corrected chi connectivity index (χ4v) is 2.38. The molecule has 0 saturated carbocycles. The van der Waals surface area contributed by atoms with Crippen LogP contribution in [0, 0.1) is 0 Å². The van der Waals surface area contributed by atoms with Crippen LogP contribution in [0.1, 0.15) is 12.8 Å². The lowest BCUT2D eigenvalue weighted by Crippen LogP contribution is -2.76. The smallest absolute Gasteiger partial charge is 0.305 e. The van der Waals surface area contributed by atoms with Crippen LogP contribution in [0.3, 0.4) is 0 Å². The van der Waals surface area contributed by atoms with Crippen LogP contribution in [0.2, 0.25) is 0 Å². The van der Waals surface area contributed by atoms with Crippen molar-refractivity contribution < 1.29 is 14.7 Å². The Morgan fingerprint density at radius 3 is 2.47 bits per heavy atom. The summed E-state index contributed by atoms with van der Waals surface area (Å²) in [5, 5.41) is 11.9. The van der Waals surface area contributed by atoms with E-state index in [-0.39, 0.29) is 23.9 Å². The number of carboxylic acids is 1. The molecule has 0 radical (unpaired) electrons. The van der Waals surface area contributed by atoms with E-state index in [4.69, 9.17) is 10.8 Å². The van der Waals surface area contributed by atoms with Gasteiger partial charge in [0.2, 0.25) is 5.91 Å². The van der Waals surface area contributed by atoms with Gasteiger partial charge < -0.3 is 16.2 Å². The molecule has 2 heterocycles. The van der Waals surface area contributed by atoms with Crippen LogP contribution >= 0.6 is 0 Å². The van der Waals surface area contributed by atoms with Crippen LogP contribution in [0.15, 0.2) is 0 Å². The number of hydrogen-bond donors (Lipinski definition) is 3. The number of carbonyl (C=O) groups is 2. The molecule has 0 aromatic heterocycles. The minimum Gasteiger partial charge on any atom is -0.481 e. The van der Waals surface area contributed by atoms with Gasteiger partial charge >= 0.3 is 5.97 Å². The van der Waals surface area contributed by atoms with E-state index in [1.165, 1.54) is 0 Å². The van der Waals surface area contributed by atoms with Crippen molar-refractivity contribution in [3.05, 3.63) is 0 Å². The molecule has 2 rings (SSSR count). The second kappa shape index (κ2) is 3.46.